The summed E-state index contributed by atoms with van der Waals surface area (Å²) in [5.41, 5.74) is 1.11. The summed E-state index contributed by atoms with van der Waals surface area (Å²) >= 11 is 0. The van der Waals surface area contributed by atoms with Gasteiger partial charge >= 0.3 is 6.18 Å². The van der Waals surface area contributed by atoms with Gasteiger partial charge in [0, 0.05) is 48.7 Å². The van der Waals surface area contributed by atoms with E-state index in [1.807, 2.05) is 13.1 Å². The molecule has 1 amide bonds. The number of halogens is 3. The lowest BCUT2D eigenvalue weighted by Gasteiger charge is -2.40. The number of aromatic nitrogens is 2. The highest BCUT2D eigenvalue weighted by Gasteiger charge is 2.31. The van der Waals surface area contributed by atoms with Crippen LogP contribution in [-0.4, -0.2) is 59.0 Å². The molecule has 0 saturated carbocycles. The fourth-order valence-corrected chi connectivity index (χ4v) is 4.10. The predicted octanol–water partition coefficient (Wildman–Crippen LogP) is 4.85. The molecule has 1 saturated heterocycles. The van der Waals surface area contributed by atoms with Gasteiger partial charge in [-0.15, -0.1) is 0 Å². The van der Waals surface area contributed by atoms with Gasteiger partial charge in [-0.1, -0.05) is 0 Å². The van der Waals surface area contributed by atoms with Crippen LogP contribution in [0.2, 0.25) is 0 Å². The van der Waals surface area contributed by atoms with Crippen molar-refractivity contribution in [1.82, 2.24) is 14.7 Å². The Kier molecular flexibility index (Phi) is 7.37. The van der Waals surface area contributed by atoms with Crippen LogP contribution in [0.25, 0.3) is 11.3 Å². The van der Waals surface area contributed by atoms with Crippen molar-refractivity contribution in [2.24, 2.45) is 7.05 Å². The normalized spacial score (nSPS) is 15.1. The molecule has 2 heterocycles. The first-order valence-electron chi connectivity index (χ1n) is 11.6. The number of nitrogens with zero attached hydrogens (tertiary/aromatic N) is 3. The molecule has 0 radical (unpaired) electrons. The molecule has 0 unspecified atom stereocenters. The molecule has 7 nitrogen and oxygen atoms in total. The summed E-state index contributed by atoms with van der Waals surface area (Å²) in [5, 5.41) is 7.00. The molecule has 0 aliphatic carbocycles. The Labute approximate surface area is 207 Å². The van der Waals surface area contributed by atoms with Crippen LogP contribution in [0.4, 0.5) is 18.9 Å². The number of rotatable bonds is 7. The monoisotopic (exact) mass is 502 g/mol. The highest BCUT2D eigenvalue weighted by Crippen LogP contribution is 2.34. The lowest BCUT2D eigenvalue weighted by Crippen LogP contribution is -2.53. The van der Waals surface area contributed by atoms with Crippen LogP contribution >= 0.6 is 0 Å². The number of aryl methyl sites for hydroxylation is 1. The lowest BCUT2D eigenvalue weighted by atomic mass is 10.0. The maximum Gasteiger partial charge on any atom is 0.416 e. The zero-order chi connectivity index (χ0) is 25.9. The van der Waals surface area contributed by atoms with Gasteiger partial charge in [0.25, 0.3) is 5.91 Å². The van der Waals surface area contributed by atoms with Crippen LogP contribution in [0, 0.1) is 0 Å². The van der Waals surface area contributed by atoms with Gasteiger partial charge in [0.2, 0.25) is 0 Å². The largest absolute Gasteiger partial charge is 0.491 e. The standard InChI is InChI=1S/C26H29F3N4O3/c1-25(2,33-12-14-35-15-13-33)17-36-23-9-8-20(16-21(23)22-10-11-30-32(22)3)31-24(34)18-4-6-19(7-5-18)26(27,28)29/h4-11,16H,12-15,17H2,1-3H3,(H,31,34). The number of morpholine rings is 1. The minimum Gasteiger partial charge on any atom is -0.491 e. The second-order valence-electron chi connectivity index (χ2n) is 9.28. The van der Waals surface area contributed by atoms with E-state index in [1.54, 1.807) is 29.1 Å². The summed E-state index contributed by atoms with van der Waals surface area (Å²) in [4.78, 5) is 15.0. The van der Waals surface area contributed by atoms with E-state index in [-0.39, 0.29) is 11.1 Å². The van der Waals surface area contributed by atoms with Gasteiger partial charge in [-0.05, 0) is 62.4 Å². The molecule has 3 aromatic rings. The number of nitrogens with one attached hydrogen (secondary N) is 1. The molecule has 0 atom stereocenters. The SMILES string of the molecule is Cn1nccc1-c1cc(NC(=O)c2ccc(C(F)(F)F)cc2)ccc1OCC(C)(C)N1CCOCC1. The minimum absolute atomic E-state index is 0.123. The summed E-state index contributed by atoms with van der Waals surface area (Å²) in [6.07, 6.45) is -2.79. The molecule has 36 heavy (non-hydrogen) atoms. The third kappa shape index (κ3) is 5.88. The molecule has 1 aromatic heterocycles. The third-order valence-electron chi connectivity index (χ3n) is 6.26. The number of hydrogen-bond donors (Lipinski definition) is 1. The van der Waals surface area contributed by atoms with Crippen LogP contribution < -0.4 is 10.1 Å². The van der Waals surface area contributed by atoms with E-state index in [0.29, 0.717) is 31.3 Å². The molecule has 1 aliphatic heterocycles. The number of hydrogen-bond acceptors (Lipinski definition) is 5. The summed E-state index contributed by atoms with van der Waals surface area (Å²) < 4.78 is 51.9. The van der Waals surface area contributed by atoms with Crippen molar-refractivity contribution in [3.63, 3.8) is 0 Å². The van der Waals surface area contributed by atoms with Crippen molar-refractivity contribution in [2.75, 3.05) is 38.2 Å². The zero-order valence-corrected chi connectivity index (χ0v) is 20.4. The second kappa shape index (κ2) is 10.3. The molecule has 2 aromatic carbocycles. The van der Waals surface area contributed by atoms with Crippen LogP contribution in [0.15, 0.2) is 54.7 Å². The van der Waals surface area contributed by atoms with Crippen molar-refractivity contribution >= 4 is 11.6 Å². The van der Waals surface area contributed by atoms with Gasteiger partial charge in [0.15, 0.2) is 0 Å². The highest BCUT2D eigenvalue weighted by molar-refractivity contribution is 6.04. The van der Waals surface area contributed by atoms with E-state index >= 15 is 0 Å². The Morgan fingerprint density at radius 2 is 1.78 bits per heavy atom. The molecule has 0 spiro atoms. The van der Waals surface area contributed by atoms with Crippen LogP contribution in [0.1, 0.15) is 29.8 Å². The molecular weight excluding hydrogens is 473 g/mol. The maximum atomic E-state index is 12.8. The zero-order valence-electron chi connectivity index (χ0n) is 20.4. The van der Waals surface area contributed by atoms with Crippen molar-refractivity contribution in [2.45, 2.75) is 25.6 Å². The quantitative estimate of drug-likeness (QED) is 0.501. The van der Waals surface area contributed by atoms with Gasteiger partial charge < -0.3 is 14.8 Å². The van der Waals surface area contributed by atoms with E-state index in [2.05, 4.69) is 29.2 Å². The topological polar surface area (TPSA) is 68.6 Å². The van der Waals surface area contributed by atoms with Crippen molar-refractivity contribution < 1.29 is 27.4 Å². The van der Waals surface area contributed by atoms with Gasteiger partial charge in [-0.2, -0.15) is 18.3 Å². The first kappa shape index (κ1) is 25.7. The number of benzene rings is 2. The first-order chi connectivity index (χ1) is 17.0. The lowest BCUT2D eigenvalue weighted by molar-refractivity contribution is -0.137. The number of carbonyl (C=O) groups is 1. The smallest absolute Gasteiger partial charge is 0.416 e. The third-order valence-corrected chi connectivity index (χ3v) is 6.26. The average molecular weight is 503 g/mol. The molecule has 10 heteroatoms. The number of amides is 1. The van der Waals surface area contributed by atoms with Gasteiger partial charge in [0.1, 0.15) is 12.4 Å². The number of alkyl halides is 3. The first-order valence-corrected chi connectivity index (χ1v) is 11.6. The summed E-state index contributed by atoms with van der Waals surface area (Å²) in [7, 11) is 1.81. The van der Waals surface area contributed by atoms with E-state index in [1.165, 1.54) is 0 Å². The van der Waals surface area contributed by atoms with E-state index < -0.39 is 17.6 Å². The van der Waals surface area contributed by atoms with Crippen molar-refractivity contribution in [3.05, 3.63) is 65.9 Å². The molecular formula is C26H29F3N4O3. The minimum atomic E-state index is -4.46. The Morgan fingerprint density at radius 3 is 2.39 bits per heavy atom. The Bertz CT molecular complexity index is 1200. The molecule has 1 aliphatic rings. The second-order valence-corrected chi connectivity index (χ2v) is 9.28. The molecule has 4 rings (SSSR count). The summed E-state index contributed by atoms with van der Waals surface area (Å²) in [5.74, 6) is 0.120. The Hall–Kier alpha value is -3.37. The predicted molar refractivity (Wildman–Crippen MR) is 130 cm³/mol. The Morgan fingerprint density at radius 1 is 1.08 bits per heavy atom. The van der Waals surface area contributed by atoms with E-state index in [4.69, 9.17) is 9.47 Å². The van der Waals surface area contributed by atoms with Crippen molar-refractivity contribution in [3.8, 4) is 17.0 Å². The Balaban J connectivity index is 1.54. The molecule has 0 bridgehead atoms. The summed E-state index contributed by atoms with van der Waals surface area (Å²) in [6, 6.07) is 11.2. The van der Waals surface area contributed by atoms with Gasteiger partial charge in [-0.3, -0.25) is 14.4 Å². The van der Waals surface area contributed by atoms with Crippen LogP contribution in [-0.2, 0) is 18.0 Å². The number of anilines is 1. The number of ether oxygens (including phenoxy) is 2. The number of carbonyl (C=O) groups excluding carboxylic acids is 1. The molecule has 192 valence electrons. The van der Waals surface area contributed by atoms with Crippen LogP contribution in [0.5, 0.6) is 5.75 Å². The fourth-order valence-electron chi connectivity index (χ4n) is 4.10. The van der Waals surface area contributed by atoms with Gasteiger partial charge in [-0.25, -0.2) is 0 Å². The average Bonchev–Trinajstić information content (AvgIpc) is 3.29. The van der Waals surface area contributed by atoms with E-state index in [0.717, 1.165) is 48.6 Å². The van der Waals surface area contributed by atoms with E-state index in [9.17, 15) is 18.0 Å². The fraction of sp³-hybridized carbons (Fsp3) is 0.385. The summed E-state index contributed by atoms with van der Waals surface area (Å²) in [6.45, 7) is 7.74. The molecule has 1 N–H and O–H groups in total. The van der Waals surface area contributed by atoms with Gasteiger partial charge in [0.05, 0.1) is 24.5 Å². The van der Waals surface area contributed by atoms with Crippen molar-refractivity contribution in [1.29, 1.82) is 0 Å². The van der Waals surface area contributed by atoms with Crippen LogP contribution in [0.3, 0.4) is 0 Å². The highest BCUT2D eigenvalue weighted by atomic mass is 19.4. The maximum absolute atomic E-state index is 12.8. The molecule has 1 fully saturated rings.